The van der Waals surface area contributed by atoms with E-state index in [0.717, 1.165) is 57.4 Å². The number of aryl methyl sites for hydroxylation is 1. The normalized spacial score (nSPS) is 17.6. The van der Waals surface area contributed by atoms with Crippen LogP contribution in [0.5, 0.6) is 11.5 Å². The van der Waals surface area contributed by atoms with Crippen molar-refractivity contribution in [1.29, 1.82) is 5.41 Å². The van der Waals surface area contributed by atoms with E-state index in [1.165, 1.54) is 36.4 Å². The van der Waals surface area contributed by atoms with Crippen molar-refractivity contribution >= 4 is 58.4 Å². The first-order chi connectivity index (χ1) is 20.9. The van der Waals surface area contributed by atoms with E-state index >= 15 is 8.78 Å². The number of hydrogen-bond donors (Lipinski definition) is 4. The molecule has 0 radical (unpaired) electrons. The van der Waals surface area contributed by atoms with Crippen molar-refractivity contribution in [3.63, 3.8) is 0 Å². The number of ether oxygens (including phenoxy) is 1. The zero-order valence-corrected chi connectivity index (χ0v) is 24.9. The number of nitrogens with one attached hydrogen (secondary N) is 3. The topological polar surface area (TPSA) is 98.2 Å². The molecule has 43 heavy (non-hydrogen) atoms. The van der Waals surface area contributed by atoms with E-state index in [1.807, 2.05) is 42.1 Å². The first kappa shape index (κ1) is 30.4. The highest BCUT2D eigenvalue weighted by Gasteiger charge is 2.20. The summed E-state index contributed by atoms with van der Waals surface area (Å²) in [5.74, 6) is 1.83. The average Bonchev–Trinajstić information content (AvgIpc) is 3.46. The van der Waals surface area contributed by atoms with E-state index in [2.05, 4.69) is 10.3 Å². The molecule has 1 aliphatic rings. The van der Waals surface area contributed by atoms with Gasteiger partial charge in [-0.05, 0) is 78.0 Å². The summed E-state index contributed by atoms with van der Waals surface area (Å²) in [6.45, 7) is 0. The Morgan fingerprint density at radius 2 is 1.86 bits per heavy atom. The Bertz CT molecular complexity index is 1690. The van der Waals surface area contributed by atoms with Gasteiger partial charge in [-0.15, -0.1) is 0 Å². The Balaban J connectivity index is 1.55. The fourth-order valence-corrected chi connectivity index (χ4v) is 7.13. The van der Waals surface area contributed by atoms with Crippen LogP contribution < -0.4 is 10.1 Å². The summed E-state index contributed by atoms with van der Waals surface area (Å²) < 4.78 is 36.9. The summed E-state index contributed by atoms with van der Waals surface area (Å²) in [4.78, 5) is 14.1. The highest BCUT2D eigenvalue weighted by atomic mass is 32.2. The summed E-state index contributed by atoms with van der Waals surface area (Å²) in [6.07, 6.45) is 8.29. The summed E-state index contributed by atoms with van der Waals surface area (Å²) in [5.41, 5.74) is 3.64. The van der Waals surface area contributed by atoms with Crippen LogP contribution in [0.3, 0.4) is 0 Å². The molecule has 0 spiro atoms. The number of carboxylic acid groups (broad SMARTS) is 1. The summed E-state index contributed by atoms with van der Waals surface area (Å²) >= 11 is 3.63. The van der Waals surface area contributed by atoms with E-state index in [1.54, 1.807) is 18.0 Å². The number of halogens is 2. The van der Waals surface area contributed by atoms with E-state index in [-0.39, 0.29) is 23.1 Å². The molecule has 0 saturated heterocycles. The van der Waals surface area contributed by atoms with E-state index in [9.17, 15) is 4.79 Å². The van der Waals surface area contributed by atoms with Gasteiger partial charge in [-0.2, -0.15) is 23.5 Å². The number of H-pyrrole nitrogens is 1. The molecule has 0 saturated carbocycles. The SMILES string of the molecule is N=C/C=C1\NC(c2cccc(/C=C/C(=O)O)c2)CCSCCSCCc2c(c(F)cc3[nH]ccc23)Oc2ccc(F)c1c2. The molecular formula is C33H31F2N3O3S2. The van der Waals surface area contributed by atoms with Crippen LogP contribution in [0.25, 0.3) is 22.7 Å². The van der Waals surface area contributed by atoms with Crippen LogP contribution in [0.2, 0.25) is 0 Å². The molecule has 1 aliphatic heterocycles. The van der Waals surface area contributed by atoms with Gasteiger partial charge in [0.1, 0.15) is 11.6 Å². The van der Waals surface area contributed by atoms with Crippen molar-refractivity contribution in [2.75, 3.05) is 23.0 Å². The average molecular weight is 620 g/mol. The number of allylic oxidation sites excluding steroid dienone is 1. The number of aromatic nitrogens is 1. The molecule has 0 aliphatic carbocycles. The van der Waals surface area contributed by atoms with Crippen LogP contribution in [0, 0.1) is 17.0 Å². The number of thioether (sulfide) groups is 2. The molecule has 222 valence electrons. The Hall–Kier alpha value is -4.02. The van der Waals surface area contributed by atoms with Gasteiger partial charge < -0.3 is 25.6 Å². The molecule has 4 N–H and O–H groups in total. The van der Waals surface area contributed by atoms with Gasteiger partial charge >= 0.3 is 5.97 Å². The van der Waals surface area contributed by atoms with Crippen molar-refractivity contribution in [2.24, 2.45) is 0 Å². The van der Waals surface area contributed by atoms with Gasteiger partial charge in [-0.25, -0.2) is 13.6 Å². The third-order valence-electron chi connectivity index (χ3n) is 7.04. The number of benzene rings is 3. The number of aliphatic carboxylic acids is 1. The molecule has 4 aromatic rings. The molecule has 1 unspecified atom stereocenters. The van der Waals surface area contributed by atoms with Gasteiger partial charge in [0.05, 0.1) is 6.04 Å². The maximum absolute atomic E-state index is 15.4. The van der Waals surface area contributed by atoms with Crippen LogP contribution in [0.1, 0.15) is 34.7 Å². The molecule has 0 amide bonds. The largest absolute Gasteiger partial charge is 0.478 e. The predicted molar refractivity (Wildman–Crippen MR) is 173 cm³/mol. The van der Waals surface area contributed by atoms with Gasteiger partial charge in [0.15, 0.2) is 11.6 Å². The Labute approximate surface area is 257 Å². The second kappa shape index (κ2) is 14.4. The van der Waals surface area contributed by atoms with Crippen molar-refractivity contribution in [3.05, 3.63) is 107 Å². The molecule has 3 aromatic carbocycles. The molecule has 1 atom stereocenters. The second-order valence-electron chi connectivity index (χ2n) is 9.90. The van der Waals surface area contributed by atoms with Crippen molar-refractivity contribution in [3.8, 4) is 11.5 Å². The number of rotatable bonds is 4. The van der Waals surface area contributed by atoms with Crippen molar-refractivity contribution in [1.82, 2.24) is 10.3 Å². The van der Waals surface area contributed by atoms with Crippen LogP contribution in [0.4, 0.5) is 8.78 Å². The number of carboxylic acids is 1. The van der Waals surface area contributed by atoms with Crippen LogP contribution in [0.15, 0.2) is 72.9 Å². The lowest BCUT2D eigenvalue weighted by molar-refractivity contribution is -0.131. The van der Waals surface area contributed by atoms with Crippen LogP contribution in [-0.2, 0) is 11.2 Å². The van der Waals surface area contributed by atoms with E-state index in [0.29, 0.717) is 24.1 Å². The minimum atomic E-state index is -1.04. The third kappa shape index (κ3) is 7.69. The quantitative estimate of drug-likeness (QED) is 0.136. The molecule has 2 bridgehead atoms. The Kier molecular flexibility index (Phi) is 10.2. The summed E-state index contributed by atoms with van der Waals surface area (Å²) in [7, 11) is 0. The molecule has 10 heteroatoms. The second-order valence-corrected chi connectivity index (χ2v) is 12.3. The van der Waals surface area contributed by atoms with Gasteiger partial charge in [0.25, 0.3) is 0 Å². The van der Waals surface area contributed by atoms with E-state index in [4.69, 9.17) is 15.3 Å². The molecular weight excluding hydrogens is 589 g/mol. The molecule has 5 rings (SSSR count). The van der Waals surface area contributed by atoms with Gasteiger partial charge in [-0.1, -0.05) is 18.2 Å². The Morgan fingerprint density at radius 1 is 1.02 bits per heavy atom. The van der Waals surface area contributed by atoms with Gasteiger partial charge in [0, 0.05) is 63.8 Å². The maximum atomic E-state index is 15.4. The van der Waals surface area contributed by atoms with Gasteiger partial charge in [-0.3, -0.25) is 0 Å². The third-order valence-corrected chi connectivity index (χ3v) is 9.31. The summed E-state index contributed by atoms with van der Waals surface area (Å²) in [6, 6.07) is 14.9. The smallest absolute Gasteiger partial charge is 0.328 e. The zero-order valence-electron chi connectivity index (χ0n) is 23.2. The van der Waals surface area contributed by atoms with Crippen LogP contribution >= 0.6 is 23.5 Å². The number of aromatic amines is 1. The number of fused-ring (bicyclic) bond motifs is 5. The predicted octanol–water partition coefficient (Wildman–Crippen LogP) is 8.07. The zero-order chi connectivity index (χ0) is 30.2. The number of carbonyl (C=O) groups is 1. The Morgan fingerprint density at radius 3 is 2.67 bits per heavy atom. The highest BCUT2D eigenvalue weighted by molar-refractivity contribution is 8.02. The van der Waals surface area contributed by atoms with Crippen LogP contribution in [-0.4, -0.2) is 45.3 Å². The first-order valence-electron chi connectivity index (χ1n) is 13.8. The number of hydrogen-bond acceptors (Lipinski definition) is 6. The lowest BCUT2D eigenvalue weighted by Gasteiger charge is -2.23. The van der Waals surface area contributed by atoms with Gasteiger partial charge in [0.2, 0.25) is 0 Å². The standard InChI is InChI=1S/C33H31F2N3O3S2/c34-27-6-5-23-19-26(27)30(8-12-36)38-29(22-3-1-2-21(18-22)4-7-32(39)40)11-15-43-17-16-42-14-10-25-24-9-13-37-31(24)20-28(35)33(25)41-23/h1-9,12-13,18-20,29,36-38H,10-11,14-17H2,(H,39,40)/b7-4+,30-8-,36-12?. The van der Waals surface area contributed by atoms with Crippen molar-refractivity contribution < 1.29 is 23.4 Å². The van der Waals surface area contributed by atoms with E-state index < -0.39 is 17.6 Å². The molecule has 0 fully saturated rings. The molecule has 2 heterocycles. The first-order valence-corrected chi connectivity index (χ1v) is 16.1. The lowest BCUT2D eigenvalue weighted by atomic mass is 10.00. The fraction of sp³-hybridized carbons (Fsp3) is 0.212. The summed E-state index contributed by atoms with van der Waals surface area (Å²) in [5, 5.41) is 21.2. The van der Waals surface area contributed by atoms with Crippen molar-refractivity contribution in [2.45, 2.75) is 18.9 Å². The molecule has 1 aromatic heterocycles. The highest BCUT2D eigenvalue weighted by Crippen LogP contribution is 2.37. The minimum absolute atomic E-state index is 0.124. The maximum Gasteiger partial charge on any atom is 0.328 e. The fourth-order valence-electron chi connectivity index (χ4n) is 5.03. The lowest BCUT2D eigenvalue weighted by Crippen LogP contribution is -2.22. The molecule has 6 nitrogen and oxygen atoms in total. The minimum Gasteiger partial charge on any atom is -0.478 e. The monoisotopic (exact) mass is 619 g/mol.